The van der Waals surface area contributed by atoms with Gasteiger partial charge in [-0.25, -0.2) is 0 Å². The van der Waals surface area contributed by atoms with Crippen LogP contribution in [0.15, 0.2) is 41.1 Å². The van der Waals surface area contributed by atoms with Gasteiger partial charge in [0, 0.05) is 16.9 Å². The van der Waals surface area contributed by atoms with Gasteiger partial charge in [-0.1, -0.05) is 15.9 Å². The van der Waals surface area contributed by atoms with E-state index in [-0.39, 0.29) is 5.91 Å². The summed E-state index contributed by atoms with van der Waals surface area (Å²) in [4.78, 5) is 16.1. The number of nitrogens with one attached hydrogen (secondary N) is 1. The van der Waals surface area contributed by atoms with E-state index in [9.17, 15) is 4.79 Å². The van der Waals surface area contributed by atoms with Crippen LogP contribution in [-0.2, 0) is 0 Å². The van der Waals surface area contributed by atoms with Crippen molar-refractivity contribution in [2.45, 2.75) is 6.92 Å². The fourth-order valence-corrected chi connectivity index (χ4v) is 2.01. The number of pyridine rings is 1. The summed E-state index contributed by atoms with van der Waals surface area (Å²) in [7, 11) is 1.56. The van der Waals surface area contributed by atoms with E-state index in [4.69, 9.17) is 4.74 Å². The summed E-state index contributed by atoms with van der Waals surface area (Å²) < 4.78 is 6.08. The monoisotopic (exact) mass is 320 g/mol. The van der Waals surface area contributed by atoms with Crippen LogP contribution in [0.2, 0.25) is 0 Å². The highest BCUT2D eigenvalue weighted by Crippen LogP contribution is 2.28. The molecule has 0 saturated carbocycles. The van der Waals surface area contributed by atoms with E-state index in [1.165, 1.54) is 6.20 Å². The molecule has 0 unspecified atom stereocenters. The summed E-state index contributed by atoms with van der Waals surface area (Å²) in [6.45, 7) is 1.89. The van der Waals surface area contributed by atoms with Crippen molar-refractivity contribution in [3.63, 3.8) is 0 Å². The normalized spacial score (nSPS) is 10.1. The van der Waals surface area contributed by atoms with Crippen molar-refractivity contribution in [1.29, 1.82) is 0 Å². The van der Waals surface area contributed by atoms with Crippen LogP contribution in [0, 0.1) is 6.92 Å². The van der Waals surface area contributed by atoms with Crippen LogP contribution in [0.5, 0.6) is 5.75 Å². The summed E-state index contributed by atoms with van der Waals surface area (Å²) >= 11 is 3.36. The third-order valence-electron chi connectivity index (χ3n) is 2.55. The molecule has 5 heteroatoms. The number of benzene rings is 1. The molecule has 0 saturated heterocycles. The number of anilines is 1. The predicted molar refractivity (Wildman–Crippen MR) is 77.6 cm³/mol. The molecule has 2 aromatic rings. The molecule has 1 aromatic carbocycles. The van der Waals surface area contributed by atoms with E-state index in [1.54, 1.807) is 31.5 Å². The summed E-state index contributed by atoms with van der Waals surface area (Å²) in [5, 5.41) is 2.81. The first-order valence-corrected chi connectivity index (χ1v) is 6.46. The van der Waals surface area contributed by atoms with Crippen LogP contribution in [0.1, 0.15) is 15.9 Å². The number of methoxy groups -OCH3 is 1. The molecule has 0 aliphatic carbocycles. The Morgan fingerprint density at radius 3 is 2.79 bits per heavy atom. The Bertz CT molecular complexity index is 614. The van der Waals surface area contributed by atoms with Crippen molar-refractivity contribution in [2.75, 3.05) is 12.4 Å². The second-order valence-corrected chi connectivity index (χ2v) is 4.97. The Morgan fingerprint density at radius 1 is 1.32 bits per heavy atom. The van der Waals surface area contributed by atoms with E-state index in [0.29, 0.717) is 17.0 Å². The third-order valence-corrected chi connectivity index (χ3v) is 3.04. The lowest BCUT2D eigenvalue weighted by Gasteiger charge is -2.10. The molecule has 0 radical (unpaired) electrons. The molecule has 0 fully saturated rings. The summed E-state index contributed by atoms with van der Waals surface area (Å²) in [5.74, 6) is 0.393. The van der Waals surface area contributed by atoms with Gasteiger partial charge in [-0.2, -0.15) is 0 Å². The van der Waals surface area contributed by atoms with Crippen LogP contribution in [-0.4, -0.2) is 18.0 Å². The zero-order valence-electron chi connectivity index (χ0n) is 10.6. The van der Waals surface area contributed by atoms with Crippen LogP contribution in [0.4, 0.5) is 5.69 Å². The molecular weight excluding hydrogens is 308 g/mol. The maximum absolute atomic E-state index is 12.1. The molecule has 4 nitrogen and oxygen atoms in total. The standard InChI is InChI=1S/C14H13BrN2O2/c1-9-5-10(8-16-7-9)14(18)17-12-6-11(15)3-4-13(12)19-2/h3-8H,1-2H3,(H,17,18). The highest BCUT2D eigenvalue weighted by Gasteiger charge is 2.10. The number of carbonyl (C=O) groups excluding carboxylic acids is 1. The average molecular weight is 321 g/mol. The first-order valence-electron chi connectivity index (χ1n) is 5.66. The third kappa shape index (κ3) is 3.32. The molecule has 0 bridgehead atoms. The van der Waals surface area contributed by atoms with Crippen LogP contribution < -0.4 is 10.1 Å². The van der Waals surface area contributed by atoms with Gasteiger partial charge in [-0.05, 0) is 36.8 Å². The summed E-state index contributed by atoms with van der Waals surface area (Å²) in [6.07, 6.45) is 3.24. The van der Waals surface area contributed by atoms with Gasteiger partial charge in [-0.3, -0.25) is 9.78 Å². The Hall–Kier alpha value is -1.88. The number of ether oxygens (including phenoxy) is 1. The van der Waals surface area contributed by atoms with Crippen molar-refractivity contribution in [3.8, 4) is 5.75 Å². The average Bonchev–Trinajstić information content (AvgIpc) is 2.39. The van der Waals surface area contributed by atoms with Gasteiger partial charge in [0.05, 0.1) is 18.4 Å². The fraction of sp³-hybridized carbons (Fsp3) is 0.143. The minimum atomic E-state index is -0.215. The summed E-state index contributed by atoms with van der Waals surface area (Å²) in [6, 6.07) is 7.21. The Labute approximate surface area is 119 Å². The smallest absolute Gasteiger partial charge is 0.257 e. The predicted octanol–water partition coefficient (Wildman–Crippen LogP) is 3.41. The van der Waals surface area contributed by atoms with Gasteiger partial charge >= 0.3 is 0 Å². The molecule has 0 spiro atoms. The Morgan fingerprint density at radius 2 is 2.11 bits per heavy atom. The van der Waals surface area contributed by atoms with E-state index < -0.39 is 0 Å². The molecule has 19 heavy (non-hydrogen) atoms. The molecule has 0 aliphatic heterocycles. The van der Waals surface area contributed by atoms with Crippen LogP contribution in [0.3, 0.4) is 0 Å². The SMILES string of the molecule is COc1ccc(Br)cc1NC(=O)c1cncc(C)c1. The minimum absolute atomic E-state index is 0.215. The zero-order chi connectivity index (χ0) is 13.8. The molecule has 2 rings (SSSR count). The van der Waals surface area contributed by atoms with Crippen LogP contribution >= 0.6 is 15.9 Å². The Balaban J connectivity index is 2.26. The molecule has 1 aromatic heterocycles. The number of hydrogen-bond acceptors (Lipinski definition) is 3. The number of hydrogen-bond donors (Lipinski definition) is 1. The number of aromatic nitrogens is 1. The van der Waals surface area contributed by atoms with E-state index in [2.05, 4.69) is 26.2 Å². The highest BCUT2D eigenvalue weighted by atomic mass is 79.9. The molecule has 1 heterocycles. The van der Waals surface area contributed by atoms with E-state index >= 15 is 0 Å². The maximum Gasteiger partial charge on any atom is 0.257 e. The Kier molecular flexibility index (Phi) is 4.16. The van der Waals surface area contributed by atoms with Crippen molar-refractivity contribution >= 4 is 27.5 Å². The number of nitrogens with zero attached hydrogens (tertiary/aromatic N) is 1. The van der Waals surface area contributed by atoms with Gasteiger partial charge in [0.2, 0.25) is 0 Å². The molecular formula is C14H13BrN2O2. The second kappa shape index (κ2) is 5.84. The lowest BCUT2D eigenvalue weighted by atomic mass is 10.2. The molecule has 0 aliphatic rings. The number of halogens is 1. The highest BCUT2D eigenvalue weighted by molar-refractivity contribution is 9.10. The van der Waals surface area contributed by atoms with Crippen molar-refractivity contribution < 1.29 is 9.53 Å². The summed E-state index contributed by atoms with van der Waals surface area (Å²) in [5.41, 5.74) is 2.07. The maximum atomic E-state index is 12.1. The van der Waals surface area contributed by atoms with Gasteiger partial charge in [-0.15, -0.1) is 0 Å². The van der Waals surface area contributed by atoms with Gasteiger partial charge in [0.15, 0.2) is 0 Å². The zero-order valence-corrected chi connectivity index (χ0v) is 12.2. The van der Waals surface area contributed by atoms with Crippen molar-refractivity contribution in [2.24, 2.45) is 0 Å². The first kappa shape index (κ1) is 13.5. The number of aryl methyl sites for hydroxylation is 1. The molecule has 1 amide bonds. The largest absolute Gasteiger partial charge is 0.495 e. The van der Waals surface area contributed by atoms with Crippen molar-refractivity contribution in [1.82, 2.24) is 4.98 Å². The van der Waals surface area contributed by atoms with E-state index in [0.717, 1.165) is 10.0 Å². The molecule has 98 valence electrons. The number of carbonyl (C=O) groups is 1. The van der Waals surface area contributed by atoms with Crippen LogP contribution in [0.25, 0.3) is 0 Å². The molecule has 1 N–H and O–H groups in total. The first-order chi connectivity index (χ1) is 9.10. The van der Waals surface area contributed by atoms with Gasteiger partial charge in [0.25, 0.3) is 5.91 Å². The van der Waals surface area contributed by atoms with Gasteiger partial charge in [0.1, 0.15) is 5.75 Å². The minimum Gasteiger partial charge on any atom is -0.495 e. The number of rotatable bonds is 3. The lowest BCUT2D eigenvalue weighted by molar-refractivity contribution is 0.102. The quantitative estimate of drug-likeness (QED) is 0.942. The number of amides is 1. The topological polar surface area (TPSA) is 51.2 Å². The van der Waals surface area contributed by atoms with E-state index in [1.807, 2.05) is 13.0 Å². The van der Waals surface area contributed by atoms with Crippen molar-refractivity contribution in [3.05, 3.63) is 52.3 Å². The lowest BCUT2D eigenvalue weighted by Crippen LogP contribution is -2.13. The molecule has 0 atom stereocenters. The fourth-order valence-electron chi connectivity index (χ4n) is 1.65. The van der Waals surface area contributed by atoms with Gasteiger partial charge < -0.3 is 10.1 Å². The second-order valence-electron chi connectivity index (χ2n) is 4.05.